The van der Waals surface area contributed by atoms with Crippen molar-refractivity contribution in [3.63, 3.8) is 0 Å². The lowest BCUT2D eigenvalue weighted by molar-refractivity contribution is -0.123. The molecule has 0 aliphatic rings. The highest BCUT2D eigenvalue weighted by atomic mass is 16.3. The molecule has 3 rings (SSSR count). The van der Waals surface area contributed by atoms with Crippen LogP contribution in [0.15, 0.2) is 83.5 Å². The molecule has 160 valence electrons. The average molecular weight is 419 g/mol. The van der Waals surface area contributed by atoms with Gasteiger partial charge in [0.15, 0.2) is 5.76 Å². The molecular formula is C24H25N3O4. The van der Waals surface area contributed by atoms with Crippen molar-refractivity contribution in [3.8, 4) is 0 Å². The summed E-state index contributed by atoms with van der Waals surface area (Å²) in [6, 6.07) is 21.3. The Labute approximate surface area is 180 Å². The Morgan fingerprint density at radius 1 is 0.806 bits per heavy atom. The van der Waals surface area contributed by atoms with Crippen LogP contribution >= 0.6 is 0 Å². The molecule has 3 N–H and O–H groups in total. The Morgan fingerprint density at radius 2 is 1.48 bits per heavy atom. The van der Waals surface area contributed by atoms with Gasteiger partial charge in [0.25, 0.3) is 5.91 Å². The van der Waals surface area contributed by atoms with Crippen molar-refractivity contribution in [3.05, 3.63) is 95.9 Å². The number of hydrogen-bond acceptors (Lipinski definition) is 4. The summed E-state index contributed by atoms with van der Waals surface area (Å²) in [5.41, 5.74) is 1.91. The van der Waals surface area contributed by atoms with E-state index in [0.29, 0.717) is 13.0 Å². The van der Waals surface area contributed by atoms with Crippen LogP contribution < -0.4 is 16.0 Å². The van der Waals surface area contributed by atoms with E-state index >= 15 is 0 Å². The van der Waals surface area contributed by atoms with Crippen LogP contribution in [0.1, 0.15) is 28.1 Å². The molecule has 0 radical (unpaired) electrons. The van der Waals surface area contributed by atoms with Crippen molar-refractivity contribution in [2.45, 2.75) is 25.4 Å². The van der Waals surface area contributed by atoms with E-state index in [2.05, 4.69) is 16.0 Å². The Kier molecular flexibility index (Phi) is 7.99. The smallest absolute Gasteiger partial charge is 0.287 e. The van der Waals surface area contributed by atoms with E-state index < -0.39 is 11.9 Å². The standard InChI is InChI=1S/C24H25N3O4/c28-22(26-17-19-10-5-2-6-11-19)13-14-25-23(29)20(16-18-8-3-1-4-9-18)27-24(30)21-12-7-15-31-21/h1-12,15,20H,13-14,16-17H2,(H,25,29)(H,26,28)(H,27,30). The van der Waals surface area contributed by atoms with E-state index in [-0.39, 0.29) is 30.5 Å². The van der Waals surface area contributed by atoms with Gasteiger partial charge in [-0.3, -0.25) is 14.4 Å². The summed E-state index contributed by atoms with van der Waals surface area (Å²) in [4.78, 5) is 37.1. The monoisotopic (exact) mass is 419 g/mol. The fraction of sp³-hybridized carbons (Fsp3) is 0.208. The van der Waals surface area contributed by atoms with Crippen molar-refractivity contribution in [2.24, 2.45) is 0 Å². The van der Waals surface area contributed by atoms with Gasteiger partial charge in [-0.15, -0.1) is 0 Å². The normalized spacial score (nSPS) is 11.4. The second-order valence-corrected chi connectivity index (χ2v) is 7.00. The summed E-state index contributed by atoms with van der Waals surface area (Å²) >= 11 is 0. The fourth-order valence-corrected chi connectivity index (χ4v) is 3.00. The number of carbonyl (C=O) groups is 3. The molecule has 0 fully saturated rings. The SMILES string of the molecule is O=C(CCNC(=O)C(Cc1ccccc1)NC(=O)c1ccco1)NCc1ccccc1. The Morgan fingerprint density at radius 3 is 2.13 bits per heavy atom. The first-order valence-corrected chi connectivity index (χ1v) is 10.1. The average Bonchev–Trinajstić information content (AvgIpc) is 3.34. The molecule has 0 saturated carbocycles. The predicted octanol–water partition coefficient (Wildman–Crippen LogP) is 2.44. The number of rotatable bonds is 10. The summed E-state index contributed by atoms with van der Waals surface area (Å²) in [5, 5.41) is 8.26. The topological polar surface area (TPSA) is 100 Å². The minimum absolute atomic E-state index is 0.131. The maximum atomic E-state index is 12.7. The van der Waals surface area contributed by atoms with Crippen molar-refractivity contribution < 1.29 is 18.8 Å². The highest BCUT2D eigenvalue weighted by molar-refractivity contribution is 5.95. The molecule has 1 heterocycles. The molecule has 31 heavy (non-hydrogen) atoms. The molecule has 7 heteroatoms. The van der Waals surface area contributed by atoms with Gasteiger partial charge >= 0.3 is 0 Å². The van der Waals surface area contributed by atoms with Gasteiger partial charge in [-0.2, -0.15) is 0 Å². The van der Waals surface area contributed by atoms with Crippen LogP contribution in [0.3, 0.4) is 0 Å². The second-order valence-electron chi connectivity index (χ2n) is 7.00. The van der Waals surface area contributed by atoms with E-state index in [1.165, 1.54) is 12.3 Å². The van der Waals surface area contributed by atoms with Gasteiger partial charge in [0.05, 0.1) is 6.26 Å². The van der Waals surface area contributed by atoms with Gasteiger partial charge < -0.3 is 20.4 Å². The van der Waals surface area contributed by atoms with Gasteiger partial charge in [-0.1, -0.05) is 60.7 Å². The van der Waals surface area contributed by atoms with E-state index in [1.54, 1.807) is 6.07 Å². The van der Waals surface area contributed by atoms with Crippen molar-refractivity contribution in [1.29, 1.82) is 0 Å². The van der Waals surface area contributed by atoms with Crippen LogP contribution in [-0.2, 0) is 22.6 Å². The summed E-state index contributed by atoms with van der Waals surface area (Å²) in [6.07, 6.45) is 1.86. The number of amides is 3. The summed E-state index contributed by atoms with van der Waals surface area (Å²) < 4.78 is 5.11. The van der Waals surface area contributed by atoms with Crippen molar-refractivity contribution >= 4 is 17.7 Å². The van der Waals surface area contributed by atoms with Crippen molar-refractivity contribution in [1.82, 2.24) is 16.0 Å². The number of carbonyl (C=O) groups excluding carboxylic acids is 3. The lowest BCUT2D eigenvalue weighted by Gasteiger charge is -2.18. The van der Waals surface area contributed by atoms with E-state index in [0.717, 1.165) is 11.1 Å². The highest BCUT2D eigenvalue weighted by Gasteiger charge is 2.23. The highest BCUT2D eigenvalue weighted by Crippen LogP contribution is 2.06. The lowest BCUT2D eigenvalue weighted by atomic mass is 10.0. The van der Waals surface area contributed by atoms with Crippen LogP contribution in [0.4, 0.5) is 0 Å². The Hall–Kier alpha value is -3.87. The third-order valence-corrected chi connectivity index (χ3v) is 4.63. The molecule has 1 unspecified atom stereocenters. The summed E-state index contributed by atoms with van der Waals surface area (Å²) in [6.45, 7) is 0.602. The zero-order valence-electron chi connectivity index (χ0n) is 17.0. The maximum Gasteiger partial charge on any atom is 0.287 e. The molecule has 0 saturated heterocycles. The van der Waals surface area contributed by atoms with Gasteiger partial charge in [-0.05, 0) is 23.3 Å². The Bertz CT molecular complexity index is 973. The molecule has 1 atom stereocenters. The van der Waals surface area contributed by atoms with Gasteiger partial charge in [-0.25, -0.2) is 0 Å². The van der Waals surface area contributed by atoms with Crippen LogP contribution in [0.2, 0.25) is 0 Å². The molecule has 3 aromatic rings. The van der Waals surface area contributed by atoms with Gasteiger partial charge in [0, 0.05) is 25.9 Å². The molecule has 7 nitrogen and oxygen atoms in total. The zero-order valence-corrected chi connectivity index (χ0v) is 17.0. The van der Waals surface area contributed by atoms with Crippen LogP contribution in [-0.4, -0.2) is 30.3 Å². The first kappa shape index (κ1) is 21.8. The molecule has 0 bridgehead atoms. The molecule has 0 aliphatic carbocycles. The van der Waals surface area contributed by atoms with Crippen LogP contribution in [0.25, 0.3) is 0 Å². The molecular weight excluding hydrogens is 394 g/mol. The van der Waals surface area contributed by atoms with Crippen molar-refractivity contribution in [2.75, 3.05) is 6.54 Å². The quantitative estimate of drug-likeness (QED) is 0.470. The zero-order chi connectivity index (χ0) is 21.9. The van der Waals surface area contributed by atoms with E-state index in [1.807, 2.05) is 60.7 Å². The third kappa shape index (κ3) is 7.15. The predicted molar refractivity (Wildman–Crippen MR) is 116 cm³/mol. The van der Waals surface area contributed by atoms with E-state index in [4.69, 9.17) is 4.42 Å². The van der Waals surface area contributed by atoms with E-state index in [9.17, 15) is 14.4 Å². The number of furan rings is 1. The van der Waals surface area contributed by atoms with Gasteiger partial charge in [0.2, 0.25) is 11.8 Å². The van der Waals surface area contributed by atoms with Crippen LogP contribution in [0, 0.1) is 0 Å². The fourth-order valence-electron chi connectivity index (χ4n) is 3.00. The second kappa shape index (κ2) is 11.3. The largest absolute Gasteiger partial charge is 0.459 e. The number of benzene rings is 2. The first-order chi connectivity index (χ1) is 15.1. The Balaban J connectivity index is 1.51. The first-order valence-electron chi connectivity index (χ1n) is 10.1. The minimum atomic E-state index is -0.799. The van der Waals surface area contributed by atoms with Gasteiger partial charge in [0.1, 0.15) is 6.04 Å². The molecule has 0 aliphatic heterocycles. The third-order valence-electron chi connectivity index (χ3n) is 4.63. The summed E-state index contributed by atoms with van der Waals surface area (Å²) in [7, 11) is 0. The number of nitrogens with one attached hydrogen (secondary N) is 3. The maximum absolute atomic E-state index is 12.7. The lowest BCUT2D eigenvalue weighted by Crippen LogP contribution is -2.48. The number of hydrogen-bond donors (Lipinski definition) is 3. The van der Waals surface area contributed by atoms with Crippen LogP contribution in [0.5, 0.6) is 0 Å². The molecule has 3 amide bonds. The summed E-state index contributed by atoms with van der Waals surface area (Å²) in [5.74, 6) is -0.865. The molecule has 2 aromatic carbocycles. The minimum Gasteiger partial charge on any atom is -0.459 e. The molecule has 0 spiro atoms. The molecule has 1 aromatic heterocycles.